The van der Waals surface area contributed by atoms with Gasteiger partial charge >= 0.3 is 6.36 Å². The van der Waals surface area contributed by atoms with Gasteiger partial charge in [-0.05, 0) is 24.3 Å². The molecule has 0 aliphatic rings. The number of H-pyrrole nitrogens is 1. The average Bonchev–Trinajstić information content (AvgIpc) is 2.48. The number of nitrogens with zero attached hydrogens (tertiary/aromatic N) is 1. The van der Waals surface area contributed by atoms with Crippen LogP contribution in [-0.2, 0) is 0 Å². The summed E-state index contributed by atoms with van der Waals surface area (Å²) in [5.41, 5.74) is -0.519. The number of fused-ring (bicyclic) bond motifs is 1. The highest BCUT2D eigenvalue weighted by Gasteiger charge is 2.33. The Morgan fingerprint density at radius 2 is 1.78 bits per heavy atom. The molecule has 118 valence electrons. The number of benzene rings is 2. The predicted molar refractivity (Wildman–Crippen MR) is 74.4 cm³/mol. The minimum absolute atomic E-state index is 0.182. The molecule has 0 aliphatic carbocycles. The molecule has 0 fully saturated rings. The van der Waals surface area contributed by atoms with E-state index in [1.807, 2.05) is 0 Å². The first-order valence-electron chi connectivity index (χ1n) is 6.39. The van der Waals surface area contributed by atoms with Crippen LogP contribution in [0, 0.1) is 5.82 Å². The fourth-order valence-electron chi connectivity index (χ4n) is 2.11. The van der Waals surface area contributed by atoms with E-state index in [4.69, 9.17) is 0 Å². The van der Waals surface area contributed by atoms with Crippen LogP contribution in [0.25, 0.3) is 22.3 Å². The summed E-state index contributed by atoms with van der Waals surface area (Å²) >= 11 is 0. The smallest absolute Gasteiger partial charge is 0.403 e. The van der Waals surface area contributed by atoms with Crippen LogP contribution in [0.3, 0.4) is 0 Å². The molecule has 0 saturated carbocycles. The number of hydrogen-bond acceptors (Lipinski definition) is 3. The SMILES string of the molecule is O=c1[nH]c(-c2cccc(OC(F)(F)F)c2F)nc2ccccc12. The number of alkyl halides is 3. The van der Waals surface area contributed by atoms with Crippen molar-refractivity contribution < 1.29 is 22.3 Å². The number of nitrogens with one attached hydrogen (secondary N) is 1. The molecule has 0 amide bonds. The van der Waals surface area contributed by atoms with Crippen LogP contribution in [0.4, 0.5) is 17.6 Å². The van der Waals surface area contributed by atoms with Crippen molar-refractivity contribution in [3.63, 3.8) is 0 Å². The zero-order valence-corrected chi connectivity index (χ0v) is 11.3. The monoisotopic (exact) mass is 324 g/mol. The molecule has 1 heterocycles. The lowest BCUT2D eigenvalue weighted by molar-refractivity contribution is -0.275. The molecule has 4 nitrogen and oxygen atoms in total. The van der Waals surface area contributed by atoms with E-state index in [1.165, 1.54) is 18.2 Å². The van der Waals surface area contributed by atoms with Gasteiger partial charge in [-0.15, -0.1) is 13.2 Å². The lowest BCUT2D eigenvalue weighted by atomic mass is 10.1. The predicted octanol–water partition coefficient (Wildman–Crippen LogP) is 3.63. The molecule has 3 rings (SSSR count). The Morgan fingerprint density at radius 1 is 1.04 bits per heavy atom. The quantitative estimate of drug-likeness (QED) is 0.733. The van der Waals surface area contributed by atoms with E-state index in [0.29, 0.717) is 10.9 Å². The minimum Gasteiger partial charge on any atom is -0.403 e. The molecule has 0 unspecified atom stereocenters. The molecule has 0 radical (unpaired) electrons. The Balaban J connectivity index is 2.16. The third-order valence-electron chi connectivity index (χ3n) is 3.06. The van der Waals surface area contributed by atoms with Gasteiger partial charge in [0.2, 0.25) is 0 Å². The summed E-state index contributed by atoms with van der Waals surface area (Å²) < 4.78 is 54.6. The first kappa shape index (κ1) is 15.0. The Morgan fingerprint density at radius 3 is 2.52 bits per heavy atom. The van der Waals surface area contributed by atoms with Gasteiger partial charge < -0.3 is 9.72 Å². The number of hydrogen-bond donors (Lipinski definition) is 1. The molecule has 0 bridgehead atoms. The highest BCUT2D eigenvalue weighted by molar-refractivity contribution is 5.79. The van der Waals surface area contributed by atoms with Gasteiger partial charge in [-0.2, -0.15) is 0 Å². The number of rotatable bonds is 2. The van der Waals surface area contributed by atoms with E-state index in [2.05, 4.69) is 14.7 Å². The lowest BCUT2D eigenvalue weighted by Crippen LogP contribution is -2.18. The summed E-state index contributed by atoms with van der Waals surface area (Å²) in [4.78, 5) is 18.4. The lowest BCUT2D eigenvalue weighted by Gasteiger charge is -2.11. The van der Waals surface area contributed by atoms with E-state index in [0.717, 1.165) is 6.07 Å². The molecule has 0 saturated heterocycles. The Kier molecular flexibility index (Phi) is 3.51. The molecule has 0 atom stereocenters. The maximum absolute atomic E-state index is 14.2. The van der Waals surface area contributed by atoms with Gasteiger partial charge in [-0.1, -0.05) is 18.2 Å². The molecule has 1 aromatic heterocycles. The first-order valence-corrected chi connectivity index (χ1v) is 6.39. The molecule has 0 aliphatic heterocycles. The van der Waals surface area contributed by atoms with Gasteiger partial charge in [0.05, 0.1) is 16.5 Å². The molecule has 1 N–H and O–H groups in total. The molecule has 8 heteroatoms. The maximum Gasteiger partial charge on any atom is 0.573 e. The highest BCUT2D eigenvalue weighted by atomic mass is 19.4. The van der Waals surface area contributed by atoms with Gasteiger partial charge in [0.1, 0.15) is 5.82 Å². The van der Waals surface area contributed by atoms with Crippen molar-refractivity contribution in [1.82, 2.24) is 9.97 Å². The van der Waals surface area contributed by atoms with Crippen molar-refractivity contribution in [2.75, 3.05) is 0 Å². The van der Waals surface area contributed by atoms with E-state index >= 15 is 0 Å². The summed E-state index contributed by atoms with van der Waals surface area (Å²) in [5, 5.41) is 0.291. The van der Waals surface area contributed by atoms with Gasteiger partial charge in [0.25, 0.3) is 5.56 Å². The summed E-state index contributed by atoms with van der Waals surface area (Å²) in [5.74, 6) is -2.44. The molecule has 0 spiro atoms. The second-order valence-corrected chi connectivity index (χ2v) is 4.60. The summed E-state index contributed by atoms with van der Waals surface area (Å²) in [6.45, 7) is 0. The molecule has 2 aromatic carbocycles. The van der Waals surface area contributed by atoms with Crippen LogP contribution in [0.5, 0.6) is 5.75 Å². The van der Waals surface area contributed by atoms with Gasteiger partial charge in [-0.3, -0.25) is 4.79 Å². The van der Waals surface area contributed by atoms with Gasteiger partial charge in [-0.25, -0.2) is 9.37 Å². The fourth-order valence-corrected chi connectivity index (χ4v) is 2.11. The van der Waals surface area contributed by atoms with Crippen LogP contribution in [0.15, 0.2) is 47.3 Å². The van der Waals surface area contributed by atoms with E-state index in [9.17, 15) is 22.4 Å². The second kappa shape index (κ2) is 5.38. The van der Waals surface area contributed by atoms with E-state index in [-0.39, 0.29) is 11.4 Å². The number of halogens is 4. The number of para-hydroxylation sites is 1. The largest absolute Gasteiger partial charge is 0.573 e. The average molecular weight is 324 g/mol. The summed E-state index contributed by atoms with van der Waals surface area (Å²) in [6.07, 6.45) is -5.02. The molecule has 23 heavy (non-hydrogen) atoms. The normalized spacial score (nSPS) is 11.7. The maximum atomic E-state index is 14.2. The highest BCUT2D eigenvalue weighted by Crippen LogP contribution is 2.31. The van der Waals surface area contributed by atoms with Gasteiger partial charge in [0.15, 0.2) is 11.6 Å². The van der Waals surface area contributed by atoms with Crippen LogP contribution in [-0.4, -0.2) is 16.3 Å². The van der Waals surface area contributed by atoms with Crippen LogP contribution >= 0.6 is 0 Å². The molecular formula is C15H8F4N2O2. The third-order valence-corrected chi connectivity index (χ3v) is 3.06. The Bertz CT molecular complexity index is 935. The zero-order chi connectivity index (χ0) is 16.6. The summed E-state index contributed by atoms with van der Waals surface area (Å²) in [6, 6.07) is 9.56. The van der Waals surface area contributed by atoms with Crippen molar-refractivity contribution in [3.05, 3.63) is 58.6 Å². The van der Waals surface area contributed by atoms with E-state index < -0.39 is 23.5 Å². The van der Waals surface area contributed by atoms with Crippen molar-refractivity contribution in [3.8, 4) is 17.1 Å². The zero-order valence-electron chi connectivity index (χ0n) is 11.3. The van der Waals surface area contributed by atoms with Crippen molar-refractivity contribution in [2.24, 2.45) is 0 Å². The van der Waals surface area contributed by atoms with Crippen molar-refractivity contribution >= 4 is 10.9 Å². The number of aromatic amines is 1. The molecular weight excluding hydrogens is 316 g/mol. The topological polar surface area (TPSA) is 55.0 Å². The second-order valence-electron chi connectivity index (χ2n) is 4.60. The minimum atomic E-state index is -5.02. The standard InChI is InChI=1S/C15H8F4N2O2/c16-12-9(5-3-7-11(12)23-15(17,18)19)13-20-10-6-2-1-4-8(10)14(22)21-13/h1-7H,(H,20,21,22). The van der Waals surface area contributed by atoms with Crippen molar-refractivity contribution in [1.29, 1.82) is 0 Å². The number of aromatic nitrogens is 2. The van der Waals surface area contributed by atoms with Crippen LogP contribution in [0.1, 0.15) is 0 Å². The van der Waals surface area contributed by atoms with Crippen molar-refractivity contribution in [2.45, 2.75) is 6.36 Å². The van der Waals surface area contributed by atoms with Crippen LogP contribution in [0.2, 0.25) is 0 Å². The van der Waals surface area contributed by atoms with Crippen LogP contribution < -0.4 is 10.3 Å². The fraction of sp³-hybridized carbons (Fsp3) is 0.0667. The molecule has 3 aromatic rings. The number of ether oxygens (including phenoxy) is 1. The Labute approximate surface area is 126 Å². The first-order chi connectivity index (χ1) is 10.8. The van der Waals surface area contributed by atoms with E-state index in [1.54, 1.807) is 18.2 Å². The third kappa shape index (κ3) is 3.01. The summed E-state index contributed by atoms with van der Waals surface area (Å²) in [7, 11) is 0. The van der Waals surface area contributed by atoms with Gasteiger partial charge in [0, 0.05) is 0 Å². The Hall–Kier alpha value is -2.90.